The number of halogens is 2. The average molecular weight is 370 g/mol. The molecule has 0 aliphatic carbocycles. The minimum atomic E-state index is -2.83. The Labute approximate surface area is 156 Å². The maximum absolute atomic E-state index is 12.2. The van der Waals surface area contributed by atoms with Crippen molar-refractivity contribution in [3.05, 3.63) is 54.1 Å². The van der Waals surface area contributed by atoms with Gasteiger partial charge in [-0.05, 0) is 61.8 Å². The van der Waals surface area contributed by atoms with Gasteiger partial charge in [-0.1, -0.05) is 18.2 Å². The van der Waals surface area contributed by atoms with Crippen molar-refractivity contribution in [2.24, 2.45) is 0 Å². The van der Waals surface area contributed by atoms with E-state index in [-0.39, 0.29) is 5.75 Å². The van der Waals surface area contributed by atoms with Crippen molar-refractivity contribution < 1.29 is 13.5 Å². The number of aromatic amines is 1. The van der Waals surface area contributed by atoms with Gasteiger partial charge < -0.3 is 4.74 Å². The summed E-state index contributed by atoms with van der Waals surface area (Å²) in [4.78, 5) is 6.99. The Morgan fingerprint density at radius 1 is 1.04 bits per heavy atom. The highest BCUT2D eigenvalue weighted by Crippen LogP contribution is 2.24. The van der Waals surface area contributed by atoms with Gasteiger partial charge in [0.15, 0.2) is 11.6 Å². The van der Waals surface area contributed by atoms with E-state index in [1.54, 1.807) is 12.1 Å². The van der Waals surface area contributed by atoms with Crippen molar-refractivity contribution in [2.75, 3.05) is 13.1 Å². The predicted octanol–water partition coefficient (Wildman–Crippen LogP) is 4.34. The third kappa shape index (κ3) is 4.31. The van der Waals surface area contributed by atoms with Crippen molar-refractivity contribution in [3.8, 4) is 28.5 Å². The number of hydrogen-bond acceptors (Lipinski definition) is 4. The van der Waals surface area contributed by atoms with Crippen LogP contribution in [0.5, 0.6) is 5.75 Å². The normalized spacial score (nSPS) is 14.8. The zero-order valence-corrected chi connectivity index (χ0v) is 14.7. The van der Waals surface area contributed by atoms with Crippen LogP contribution < -0.4 is 4.74 Å². The fraction of sp³-hybridized carbons (Fsp3) is 0.300. The number of H-pyrrole nitrogens is 1. The van der Waals surface area contributed by atoms with Crippen LogP contribution in [-0.4, -0.2) is 39.8 Å². The molecule has 7 heteroatoms. The Hall–Kier alpha value is -2.80. The third-order valence-electron chi connectivity index (χ3n) is 4.63. The standard InChI is InChI=1S/C20H20F2N4O/c21-20(22)27-17-8-6-15(7-9-17)18-23-19(25-24-18)16-5-3-4-14(12-16)13-26-10-1-2-11-26/h3-9,12,20H,1-2,10-11,13H2,(H,23,24,25). The lowest BCUT2D eigenvalue weighted by Gasteiger charge is -2.14. The summed E-state index contributed by atoms with van der Waals surface area (Å²) in [5, 5.41) is 7.22. The second kappa shape index (κ2) is 7.84. The van der Waals surface area contributed by atoms with E-state index in [1.807, 2.05) is 12.1 Å². The van der Waals surface area contributed by atoms with E-state index in [9.17, 15) is 8.78 Å². The molecule has 0 atom stereocenters. The van der Waals surface area contributed by atoms with Crippen molar-refractivity contribution in [1.29, 1.82) is 0 Å². The van der Waals surface area contributed by atoms with E-state index >= 15 is 0 Å². The number of hydrogen-bond donors (Lipinski definition) is 1. The zero-order chi connectivity index (χ0) is 18.6. The molecular formula is C20H20F2N4O. The van der Waals surface area contributed by atoms with Gasteiger partial charge in [0.25, 0.3) is 0 Å². The second-order valence-corrected chi connectivity index (χ2v) is 6.59. The van der Waals surface area contributed by atoms with Crippen LogP contribution in [0.15, 0.2) is 48.5 Å². The molecule has 2 heterocycles. The number of aromatic nitrogens is 3. The van der Waals surface area contributed by atoms with Gasteiger partial charge >= 0.3 is 6.61 Å². The Bertz CT molecular complexity index is 889. The van der Waals surface area contributed by atoms with Gasteiger partial charge in [-0.2, -0.15) is 13.9 Å². The second-order valence-electron chi connectivity index (χ2n) is 6.59. The minimum Gasteiger partial charge on any atom is -0.435 e. The number of nitrogens with zero attached hydrogens (tertiary/aromatic N) is 3. The molecule has 1 aliphatic rings. The average Bonchev–Trinajstić information content (AvgIpc) is 3.34. The highest BCUT2D eigenvalue weighted by atomic mass is 19.3. The number of rotatable bonds is 6. The third-order valence-corrected chi connectivity index (χ3v) is 4.63. The van der Waals surface area contributed by atoms with Crippen LogP contribution in [0.1, 0.15) is 18.4 Å². The monoisotopic (exact) mass is 370 g/mol. The molecule has 1 fully saturated rings. The Morgan fingerprint density at radius 3 is 2.56 bits per heavy atom. The van der Waals surface area contributed by atoms with E-state index in [4.69, 9.17) is 0 Å². The van der Waals surface area contributed by atoms with Crippen LogP contribution >= 0.6 is 0 Å². The SMILES string of the molecule is FC(F)Oc1ccc(-c2nc(-c3cccc(CN4CCCC4)c3)n[nH]2)cc1. The van der Waals surface area contributed by atoms with Crippen LogP contribution in [0.3, 0.4) is 0 Å². The number of likely N-dealkylation sites (tertiary alicyclic amines) is 1. The summed E-state index contributed by atoms with van der Waals surface area (Å²) in [7, 11) is 0. The molecular weight excluding hydrogens is 350 g/mol. The molecule has 2 aromatic carbocycles. The molecule has 0 bridgehead atoms. The number of ether oxygens (including phenoxy) is 1. The Balaban J connectivity index is 1.50. The van der Waals surface area contributed by atoms with Crippen LogP contribution in [0.25, 0.3) is 22.8 Å². The predicted molar refractivity (Wildman–Crippen MR) is 98.4 cm³/mol. The van der Waals surface area contributed by atoms with Crippen LogP contribution in [0, 0.1) is 0 Å². The molecule has 0 amide bonds. The maximum Gasteiger partial charge on any atom is 0.387 e. The highest BCUT2D eigenvalue weighted by Gasteiger charge is 2.13. The first kappa shape index (κ1) is 17.6. The van der Waals surface area contributed by atoms with Gasteiger partial charge in [0.2, 0.25) is 0 Å². The lowest BCUT2D eigenvalue weighted by molar-refractivity contribution is -0.0498. The summed E-state index contributed by atoms with van der Waals surface area (Å²) in [5.74, 6) is 1.31. The van der Waals surface area contributed by atoms with Crippen molar-refractivity contribution in [1.82, 2.24) is 20.1 Å². The first-order chi connectivity index (χ1) is 13.2. The van der Waals surface area contributed by atoms with Crippen LogP contribution in [-0.2, 0) is 6.54 Å². The quantitative estimate of drug-likeness (QED) is 0.701. The summed E-state index contributed by atoms with van der Waals surface area (Å²) in [6.45, 7) is 0.415. The first-order valence-electron chi connectivity index (χ1n) is 8.97. The van der Waals surface area contributed by atoms with Crippen molar-refractivity contribution >= 4 is 0 Å². The van der Waals surface area contributed by atoms with E-state index in [1.165, 1.54) is 30.5 Å². The molecule has 0 spiro atoms. The molecule has 0 unspecified atom stereocenters. The summed E-state index contributed by atoms with van der Waals surface area (Å²) < 4.78 is 28.8. The molecule has 0 radical (unpaired) electrons. The molecule has 1 aliphatic heterocycles. The first-order valence-corrected chi connectivity index (χ1v) is 8.97. The van der Waals surface area contributed by atoms with Crippen LogP contribution in [0.2, 0.25) is 0 Å². The maximum atomic E-state index is 12.2. The molecule has 3 aromatic rings. The fourth-order valence-electron chi connectivity index (χ4n) is 3.32. The van der Waals surface area contributed by atoms with E-state index in [0.29, 0.717) is 11.6 Å². The van der Waals surface area contributed by atoms with Gasteiger partial charge in [0.05, 0.1) is 0 Å². The fourth-order valence-corrected chi connectivity index (χ4v) is 3.32. The molecule has 0 saturated carbocycles. The number of alkyl halides is 2. The van der Waals surface area contributed by atoms with E-state index in [2.05, 4.69) is 37.0 Å². The minimum absolute atomic E-state index is 0.114. The van der Waals surface area contributed by atoms with Crippen LogP contribution in [0.4, 0.5) is 8.78 Å². The van der Waals surface area contributed by atoms with Gasteiger partial charge in [-0.15, -0.1) is 0 Å². The summed E-state index contributed by atoms with van der Waals surface area (Å²) in [5.41, 5.74) is 2.95. The zero-order valence-electron chi connectivity index (χ0n) is 14.7. The topological polar surface area (TPSA) is 54.0 Å². The summed E-state index contributed by atoms with van der Waals surface area (Å²) in [6.07, 6.45) is 2.54. The Kier molecular flexibility index (Phi) is 5.11. The molecule has 1 aromatic heterocycles. The smallest absolute Gasteiger partial charge is 0.387 e. The number of benzene rings is 2. The molecule has 5 nitrogen and oxygen atoms in total. The number of nitrogens with one attached hydrogen (secondary N) is 1. The molecule has 1 N–H and O–H groups in total. The lowest BCUT2D eigenvalue weighted by Crippen LogP contribution is -2.18. The van der Waals surface area contributed by atoms with Crippen molar-refractivity contribution in [3.63, 3.8) is 0 Å². The molecule has 27 heavy (non-hydrogen) atoms. The van der Waals surface area contributed by atoms with Gasteiger partial charge in [-0.3, -0.25) is 10.00 Å². The molecule has 4 rings (SSSR count). The molecule has 140 valence electrons. The van der Waals surface area contributed by atoms with Gasteiger partial charge in [0.1, 0.15) is 5.75 Å². The summed E-state index contributed by atoms with van der Waals surface area (Å²) >= 11 is 0. The molecule has 1 saturated heterocycles. The highest BCUT2D eigenvalue weighted by molar-refractivity contribution is 5.62. The van der Waals surface area contributed by atoms with Crippen molar-refractivity contribution in [2.45, 2.75) is 26.0 Å². The van der Waals surface area contributed by atoms with E-state index in [0.717, 1.165) is 30.8 Å². The lowest BCUT2D eigenvalue weighted by atomic mass is 10.1. The summed E-state index contributed by atoms with van der Waals surface area (Å²) in [6, 6.07) is 14.6. The van der Waals surface area contributed by atoms with Gasteiger partial charge in [-0.25, -0.2) is 4.98 Å². The van der Waals surface area contributed by atoms with Gasteiger partial charge in [0, 0.05) is 17.7 Å². The Morgan fingerprint density at radius 2 is 1.81 bits per heavy atom. The van der Waals surface area contributed by atoms with E-state index < -0.39 is 6.61 Å². The largest absolute Gasteiger partial charge is 0.435 e.